The first kappa shape index (κ1) is 11.5. The molecule has 0 amide bonds. The number of hydrogen-bond acceptors (Lipinski definition) is 4. The van der Waals surface area contributed by atoms with Gasteiger partial charge in [-0.25, -0.2) is 4.98 Å². The van der Waals surface area contributed by atoms with Crippen LogP contribution >= 0.6 is 0 Å². The third-order valence-corrected chi connectivity index (χ3v) is 1.70. The summed E-state index contributed by atoms with van der Waals surface area (Å²) in [5.41, 5.74) is -0.167. The molecule has 0 unspecified atom stereocenters. The molecule has 0 fully saturated rings. The van der Waals surface area contributed by atoms with E-state index in [0.29, 0.717) is 25.6 Å². The van der Waals surface area contributed by atoms with Crippen LogP contribution in [0.25, 0.3) is 0 Å². The zero-order chi connectivity index (χ0) is 10.9. The van der Waals surface area contributed by atoms with E-state index in [0.717, 1.165) is 6.42 Å². The van der Waals surface area contributed by atoms with Crippen LogP contribution in [0.5, 0.6) is 0 Å². The number of nitrogens with one attached hydrogen (secondary N) is 2. The van der Waals surface area contributed by atoms with Crippen molar-refractivity contribution >= 4 is 5.82 Å². The smallest absolute Gasteiger partial charge is 0.252 e. The second-order valence-electron chi connectivity index (χ2n) is 2.91. The Morgan fingerprint density at radius 2 is 2.47 bits per heavy atom. The first-order chi connectivity index (χ1) is 7.33. The molecule has 82 valence electrons. The van der Waals surface area contributed by atoms with Gasteiger partial charge in [0.1, 0.15) is 5.82 Å². The average Bonchev–Trinajstić information content (AvgIpc) is 2.23. The number of aromatic nitrogens is 2. The van der Waals surface area contributed by atoms with Gasteiger partial charge in [-0.3, -0.25) is 4.79 Å². The van der Waals surface area contributed by atoms with Crippen molar-refractivity contribution in [3.63, 3.8) is 0 Å². The lowest BCUT2D eigenvalue weighted by molar-refractivity contribution is 0.149. The number of H-pyrrole nitrogens is 1. The van der Waals surface area contributed by atoms with Gasteiger partial charge in [-0.15, -0.1) is 6.58 Å². The Kier molecular flexibility index (Phi) is 5.18. The minimum atomic E-state index is -0.167. The Bertz CT molecular complexity index is 349. The standard InChI is InChI=1S/C10H15N3O2/c1-2-3-5-15-6-4-11-9-7-10(14)13-8-12-9/h2,7-8H,1,3-6H2,(H2,11,12,13,14). The molecule has 1 heterocycles. The number of rotatable bonds is 7. The fourth-order valence-corrected chi connectivity index (χ4v) is 0.985. The zero-order valence-electron chi connectivity index (χ0n) is 8.53. The molecule has 0 saturated heterocycles. The van der Waals surface area contributed by atoms with Gasteiger partial charge in [-0.2, -0.15) is 0 Å². The summed E-state index contributed by atoms with van der Waals surface area (Å²) in [6.07, 6.45) is 4.03. The number of anilines is 1. The number of ether oxygens (including phenoxy) is 1. The van der Waals surface area contributed by atoms with Gasteiger partial charge in [0.2, 0.25) is 0 Å². The average molecular weight is 209 g/mol. The van der Waals surface area contributed by atoms with Crippen LogP contribution in [0.2, 0.25) is 0 Å². The number of nitrogens with zero attached hydrogens (tertiary/aromatic N) is 1. The van der Waals surface area contributed by atoms with Crippen LogP contribution in [-0.4, -0.2) is 29.7 Å². The third-order valence-electron chi connectivity index (χ3n) is 1.70. The van der Waals surface area contributed by atoms with Crippen molar-refractivity contribution in [2.45, 2.75) is 6.42 Å². The number of hydrogen-bond donors (Lipinski definition) is 2. The first-order valence-corrected chi connectivity index (χ1v) is 4.80. The van der Waals surface area contributed by atoms with Crippen molar-refractivity contribution in [3.05, 3.63) is 35.4 Å². The maximum absolute atomic E-state index is 10.9. The molecule has 0 saturated carbocycles. The molecular weight excluding hydrogens is 194 g/mol. The Balaban J connectivity index is 2.15. The Morgan fingerprint density at radius 1 is 1.60 bits per heavy atom. The van der Waals surface area contributed by atoms with E-state index in [-0.39, 0.29) is 5.56 Å². The van der Waals surface area contributed by atoms with E-state index in [4.69, 9.17) is 4.74 Å². The lowest BCUT2D eigenvalue weighted by atomic mass is 10.4. The van der Waals surface area contributed by atoms with Gasteiger partial charge in [-0.1, -0.05) is 6.08 Å². The highest BCUT2D eigenvalue weighted by Crippen LogP contribution is 1.93. The van der Waals surface area contributed by atoms with Crippen molar-refractivity contribution in [2.75, 3.05) is 25.1 Å². The summed E-state index contributed by atoms with van der Waals surface area (Å²) in [5.74, 6) is 0.561. The SMILES string of the molecule is C=CCCOCCNc1cc(=O)[nH]cn1. The van der Waals surface area contributed by atoms with Crippen LogP contribution in [-0.2, 0) is 4.74 Å². The van der Waals surface area contributed by atoms with Crippen LogP contribution < -0.4 is 10.9 Å². The zero-order valence-corrected chi connectivity index (χ0v) is 8.53. The molecule has 15 heavy (non-hydrogen) atoms. The molecule has 5 nitrogen and oxygen atoms in total. The molecule has 5 heteroatoms. The molecule has 1 aromatic rings. The highest BCUT2D eigenvalue weighted by molar-refractivity contribution is 5.31. The van der Waals surface area contributed by atoms with Crippen LogP contribution in [0, 0.1) is 0 Å². The van der Waals surface area contributed by atoms with Crippen molar-refractivity contribution in [1.82, 2.24) is 9.97 Å². The maximum Gasteiger partial charge on any atom is 0.252 e. The monoisotopic (exact) mass is 209 g/mol. The summed E-state index contributed by atoms with van der Waals surface area (Å²) in [6, 6.07) is 1.41. The summed E-state index contributed by atoms with van der Waals surface area (Å²) in [5, 5.41) is 2.98. The molecule has 0 aliphatic heterocycles. The minimum absolute atomic E-state index is 0.167. The van der Waals surface area contributed by atoms with E-state index in [1.54, 1.807) is 0 Å². The van der Waals surface area contributed by atoms with E-state index in [2.05, 4.69) is 21.9 Å². The van der Waals surface area contributed by atoms with Gasteiger partial charge in [0.25, 0.3) is 5.56 Å². The van der Waals surface area contributed by atoms with E-state index in [9.17, 15) is 4.79 Å². The lowest BCUT2D eigenvalue weighted by Crippen LogP contribution is -2.13. The second-order valence-corrected chi connectivity index (χ2v) is 2.91. The summed E-state index contributed by atoms with van der Waals surface area (Å²) in [6.45, 7) is 5.48. The second kappa shape index (κ2) is 6.78. The predicted molar refractivity (Wildman–Crippen MR) is 59.0 cm³/mol. The highest BCUT2D eigenvalue weighted by Gasteiger charge is 1.93. The quantitative estimate of drug-likeness (QED) is 0.514. The van der Waals surface area contributed by atoms with E-state index in [1.807, 2.05) is 6.08 Å². The van der Waals surface area contributed by atoms with Crippen molar-refractivity contribution in [2.24, 2.45) is 0 Å². The largest absolute Gasteiger partial charge is 0.379 e. The van der Waals surface area contributed by atoms with E-state index >= 15 is 0 Å². The molecule has 0 atom stereocenters. The van der Waals surface area contributed by atoms with Gasteiger partial charge in [-0.05, 0) is 6.42 Å². The van der Waals surface area contributed by atoms with Gasteiger partial charge >= 0.3 is 0 Å². The highest BCUT2D eigenvalue weighted by atomic mass is 16.5. The molecule has 1 aromatic heterocycles. The van der Waals surface area contributed by atoms with E-state index in [1.165, 1.54) is 12.4 Å². The first-order valence-electron chi connectivity index (χ1n) is 4.80. The van der Waals surface area contributed by atoms with Crippen molar-refractivity contribution in [3.8, 4) is 0 Å². The Labute approximate surface area is 88.2 Å². The van der Waals surface area contributed by atoms with Crippen molar-refractivity contribution < 1.29 is 4.74 Å². The number of aromatic amines is 1. The molecule has 0 spiro atoms. The minimum Gasteiger partial charge on any atom is -0.379 e. The van der Waals surface area contributed by atoms with Crippen LogP contribution in [0.15, 0.2) is 29.8 Å². The maximum atomic E-state index is 10.9. The Hall–Kier alpha value is -1.62. The lowest BCUT2D eigenvalue weighted by Gasteiger charge is -2.04. The van der Waals surface area contributed by atoms with Gasteiger partial charge in [0, 0.05) is 12.6 Å². The third kappa shape index (κ3) is 4.97. The molecular formula is C10H15N3O2. The summed E-state index contributed by atoms with van der Waals surface area (Å²) < 4.78 is 5.28. The van der Waals surface area contributed by atoms with Gasteiger partial charge < -0.3 is 15.0 Å². The summed E-state index contributed by atoms with van der Waals surface area (Å²) in [4.78, 5) is 17.3. The van der Waals surface area contributed by atoms with Crippen LogP contribution in [0.4, 0.5) is 5.82 Å². The Morgan fingerprint density at radius 3 is 3.20 bits per heavy atom. The summed E-state index contributed by atoms with van der Waals surface area (Å²) >= 11 is 0. The molecule has 2 N–H and O–H groups in total. The fourth-order valence-electron chi connectivity index (χ4n) is 0.985. The molecule has 0 aliphatic rings. The molecule has 0 aliphatic carbocycles. The normalized spacial score (nSPS) is 9.87. The van der Waals surface area contributed by atoms with Gasteiger partial charge in [0.15, 0.2) is 0 Å². The van der Waals surface area contributed by atoms with Gasteiger partial charge in [0.05, 0.1) is 19.5 Å². The van der Waals surface area contributed by atoms with Crippen LogP contribution in [0.1, 0.15) is 6.42 Å². The van der Waals surface area contributed by atoms with Crippen molar-refractivity contribution in [1.29, 1.82) is 0 Å². The summed E-state index contributed by atoms with van der Waals surface area (Å²) in [7, 11) is 0. The topological polar surface area (TPSA) is 67.0 Å². The molecule has 0 radical (unpaired) electrons. The molecule has 1 rings (SSSR count). The van der Waals surface area contributed by atoms with E-state index < -0.39 is 0 Å². The fraction of sp³-hybridized carbons (Fsp3) is 0.400. The molecule has 0 aromatic carbocycles. The van der Waals surface area contributed by atoms with Crippen LogP contribution in [0.3, 0.4) is 0 Å². The predicted octanol–water partition coefficient (Wildman–Crippen LogP) is 0.774. The molecule has 0 bridgehead atoms.